The smallest absolute Gasteiger partial charge is 0.373 e. The topological polar surface area (TPSA) is 52.6 Å². The minimum Gasteiger partial charge on any atom is -0.490 e. The SMILES string of the molecule is CCOC(=O)/C(=C\C(C)=O)OC. The number of ether oxygens (including phenoxy) is 2. The summed E-state index contributed by atoms with van der Waals surface area (Å²) in [7, 11) is 1.31. The Balaban J connectivity index is 4.34. The Hall–Kier alpha value is -1.32. The third-order valence-electron chi connectivity index (χ3n) is 1.03. The predicted molar refractivity (Wildman–Crippen MR) is 42.4 cm³/mol. The molecular weight excluding hydrogens is 160 g/mol. The summed E-state index contributed by atoms with van der Waals surface area (Å²) in [6.07, 6.45) is 1.10. The molecule has 12 heavy (non-hydrogen) atoms. The van der Waals surface area contributed by atoms with Gasteiger partial charge in [0.25, 0.3) is 0 Å². The fourth-order valence-corrected chi connectivity index (χ4v) is 0.588. The van der Waals surface area contributed by atoms with E-state index in [-0.39, 0.29) is 18.1 Å². The number of carbonyl (C=O) groups excluding carboxylic acids is 2. The Morgan fingerprint density at radius 3 is 2.33 bits per heavy atom. The average Bonchev–Trinajstić information content (AvgIpc) is 2.00. The second kappa shape index (κ2) is 5.35. The number of hydrogen-bond donors (Lipinski definition) is 0. The van der Waals surface area contributed by atoms with Crippen molar-refractivity contribution < 1.29 is 19.1 Å². The van der Waals surface area contributed by atoms with Gasteiger partial charge in [-0.2, -0.15) is 0 Å². The molecule has 0 aliphatic heterocycles. The number of allylic oxidation sites excluding steroid dienone is 1. The van der Waals surface area contributed by atoms with Crippen molar-refractivity contribution in [2.45, 2.75) is 13.8 Å². The van der Waals surface area contributed by atoms with E-state index in [9.17, 15) is 9.59 Å². The molecule has 4 nitrogen and oxygen atoms in total. The Bertz CT molecular complexity index is 205. The van der Waals surface area contributed by atoms with Crippen LogP contribution >= 0.6 is 0 Å². The summed E-state index contributed by atoms with van der Waals surface area (Å²) in [5.41, 5.74) is 0. The highest BCUT2D eigenvalue weighted by Crippen LogP contribution is 1.98. The minimum absolute atomic E-state index is 0.0654. The maximum atomic E-state index is 10.9. The van der Waals surface area contributed by atoms with Crippen molar-refractivity contribution in [1.29, 1.82) is 0 Å². The molecule has 0 aromatic heterocycles. The summed E-state index contributed by atoms with van der Waals surface area (Å²) in [6.45, 7) is 3.27. The van der Waals surface area contributed by atoms with Crippen LogP contribution in [0.25, 0.3) is 0 Å². The summed E-state index contributed by atoms with van der Waals surface area (Å²) >= 11 is 0. The second-order valence-electron chi connectivity index (χ2n) is 2.04. The average molecular weight is 172 g/mol. The molecule has 0 spiro atoms. The van der Waals surface area contributed by atoms with Gasteiger partial charge in [0.05, 0.1) is 13.7 Å². The van der Waals surface area contributed by atoms with Crippen LogP contribution in [0.3, 0.4) is 0 Å². The number of hydrogen-bond acceptors (Lipinski definition) is 4. The van der Waals surface area contributed by atoms with E-state index in [1.807, 2.05) is 0 Å². The van der Waals surface area contributed by atoms with Crippen molar-refractivity contribution in [3.63, 3.8) is 0 Å². The van der Waals surface area contributed by atoms with Crippen LogP contribution in [0.2, 0.25) is 0 Å². The molecule has 0 aromatic rings. The van der Waals surface area contributed by atoms with Crippen LogP contribution in [0.5, 0.6) is 0 Å². The van der Waals surface area contributed by atoms with Gasteiger partial charge in [0.1, 0.15) is 0 Å². The molecule has 0 aliphatic carbocycles. The van der Waals surface area contributed by atoms with E-state index in [1.165, 1.54) is 14.0 Å². The largest absolute Gasteiger partial charge is 0.490 e. The van der Waals surface area contributed by atoms with Crippen LogP contribution < -0.4 is 0 Å². The monoisotopic (exact) mass is 172 g/mol. The van der Waals surface area contributed by atoms with Crippen molar-refractivity contribution in [2.24, 2.45) is 0 Å². The zero-order chi connectivity index (χ0) is 9.56. The zero-order valence-corrected chi connectivity index (χ0v) is 7.42. The third kappa shape index (κ3) is 3.75. The number of rotatable bonds is 4. The van der Waals surface area contributed by atoms with Gasteiger partial charge in [-0.15, -0.1) is 0 Å². The lowest BCUT2D eigenvalue weighted by atomic mass is 10.3. The molecule has 0 atom stereocenters. The molecule has 0 aromatic carbocycles. The van der Waals surface area contributed by atoms with Gasteiger partial charge in [-0.25, -0.2) is 4.79 Å². The number of methoxy groups -OCH3 is 1. The number of esters is 1. The van der Waals surface area contributed by atoms with Crippen LogP contribution in [-0.4, -0.2) is 25.5 Å². The van der Waals surface area contributed by atoms with Crippen molar-refractivity contribution in [3.05, 3.63) is 11.8 Å². The molecule has 0 saturated carbocycles. The van der Waals surface area contributed by atoms with Gasteiger partial charge >= 0.3 is 5.97 Å². The molecule has 0 heterocycles. The summed E-state index contributed by atoms with van der Waals surface area (Å²) in [5, 5.41) is 0. The standard InChI is InChI=1S/C8H12O4/c1-4-12-8(10)7(11-3)5-6(2)9/h5H,4H2,1-3H3/b7-5+. The van der Waals surface area contributed by atoms with E-state index in [0.717, 1.165) is 6.08 Å². The first-order chi connectivity index (χ1) is 5.61. The fourth-order valence-electron chi connectivity index (χ4n) is 0.588. The van der Waals surface area contributed by atoms with Crippen molar-refractivity contribution in [2.75, 3.05) is 13.7 Å². The molecule has 0 saturated heterocycles. The molecule has 0 aliphatic rings. The van der Waals surface area contributed by atoms with Gasteiger partial charge < -0.3 is 9.47 Å². The molecule has 0 rings (SSSR count). The molecule has 0 amide bonds. The Kier molecular flexibility index (Phi) is 4.76. The fraction of sp³-hybridized carbons (Fsp3) is 0.500. The lowest BCUT2D eigenvalue weighted by Crippen LogP contribution is -2.10. The van der Waals surface area contributed by atoms with Gasteiger partial charge in [-0.3, -0.25) is 4.79 Å². The number of ketones is 1. The van der Waals surface area contributed by atoms with Crippen LogP contribution in [-0.2, 0) is 19.1 Å². The highest BCUT2D eigenvalue weighted by atomic mass is 16.6. The number of carbonyl (C=O) groups is 2. The first kappa shape index (κ1) is 10.7. The highest BCUT2D eigenvalue weighted by Gasteiger charge is 2.10. The quantitative estimate of drug-likeness (QED) is 0.355. The van der Waals surface area contributed by atoms with Crippen LogP contribution in [0, 0.1) is 0 Å². The molecule has 0 fully saturated rings. The second-order valence-corrected chi connectivity index (χ2v) is 2.04. The van der Waals surface area contributed by atoms with Gasteiger partial charge in [-0.1, -0.05) is 0 Å². The summed E-state index contributed by atoms with van der Waals surface area (Å²) in [4.78, 5) is 21.5. The van der Waals surface area contributed by atoms with E-state index in [2.05, 4.69) is 9.47 Å². The van der Waals surface area contributed by atoms with Crippen LogP contribution in [0.1, 0.15) is 13.8 Å². The molecule has 0 bridgehead atoms. The van der Waals surface area contributed by atoms with E-state index in [1.54, 1.807) is 6.92 Å². The molecule has 0 radical (unpaired) electrons. The summed E-state index contributed by atoms with van der Waals surface area (Å²) in [5.74, 6) is -0.931. The van der Waals surface area contributed by atoms with Gasteiger partial charge in [0.2, 0.25) is 5.76 Å². The van der Waals surface area contributed by atoms with Crippen molar-refractivity contribution in [1.82, 2.24) is 0 Å². The third-order valence-corrected chi connectivity index (χ3v) is 1.03. The van der Waals surface area contributed by atoms with Gasteiger partial charge in [-0.05, 0) is 13.8 Å². The lowest BCUT2D eigenvalue weighted by Gasteiger charge is -2.03. The summed E-state index contributed by atoms with van der Waals surface area (Å²) < 4.78 is 9.25. The van der Waals surface area contributed by atoms with Crippen LogP contribution in [0.4, 0.5) is 0 Å². The van der Waals surface area contributed by atoms with E-state index < -0.39 is 5.97 Å². The molecule has 4 heteroatoms. The van der Waals surface area contributed by atoms with Gasteiger partial charge in [0.15, 0.2) is 5.78 Å². The van der Waals surface area contributed by atoms with E-state index in [0.29, 0.717) is 0 Å². The maximum Gasteiger partial charge on any atom is 0.373 e. The molecule has 68 valence electrons. The Morgan fingerprint density at radius 1 is 1.42 bits per heavy atom. The Labute approximate surface area is 71.2 Å². The first-order valence-electron chi connectivity index (χ1n) is 3.55. The minimum atomic E-state index is -0.616. The normalized spacial score (nSPS) is 10.8. The highest BCUT2D eigenvalue weighted by molar-refractivity contribution is 5.96. The van der Waals surface area contributed by atoms with E-state index >= 15 is 0 Å². The van der Waals surface area contributed by atoms with Gasteiger partial charge in [0, 0.05) is 6.08 Å². The molecule has 0 N–H and O–H groups in total. The maximum absolute atomic E-state index is 10.9. The first-order valence-corrected chi connectivity index (χ1v) is 3.55. The van der Waals surface area contributed by atoms with Crippen molar-refractivity contribution in [3.8, 4) is 0 Å². The predicted octanol–water partition coefficient (Wildman–Crippen LogP) is 0.669. The summed E-state index contributed by atoms with van der Waals surface area (Å²) in [6, 6.07) is 0. The Morgan fingerprint density at radius 2 is 2.00 bits per heavy atom. The molecular formula is C8H12O4. The van der Waals surface area contributed by atoms with Crippen LogP contribution in [0.15, 0.2) is 11.8 Å². The molecule has 0 unspecified atom stereocenters. The van der Waals surface area contributed by atoms with Crippen molar-refractivity contribution >= 4 is 11.8 Å². The van der Waals surface area contributed by atoms with E-state index in [4.69, 9.17) is 0 Å². The zero-order valence-electron chi connectivity index (χ0n) is 7.42. The lowest BCUT2D eigenvalue weighted by molar-refractivity contribution is -0.142.